The molecule has 1 heterocycles. The number of halogens is 1. The molecule has 1 aliphatic heterocycles. The Labute approximate surface area is 180 Å². The first kappa shape index (κ1) is 21.6. The van der Waals surface area contributed by atoms with Crippen molar-refractivity contribution in [2.45, 2.75) is 26.3 Å². The Balaban J connectivity index is 1.66. The van der Waals surface area contributed by atoms with Gasteiger partial charge in [0.1, 0.15) is 5.75 Å². The third kappa shape index (κ3) is 4.91. The minimum Gasteiger partial charge on any atom is -0.484 e. The van der Waals surface area contributed by atoms with Crippen LogP contribution in [0.1, 0.15) is 18.9 Å². The van der Waals surface area contributed by atoms with Crippen molar-refractivity contribution in [3.8, 4) is 5.75 Å². The zero-order valence-corrected chi connectivity index (χ0v) is 17.9. The number of nitrogens with zero attached hydrogens (tertiary/aromatic N) is 2. The van der Waals surface area contributed by atoms with E-state index in [4.69, 9.17) is 16.3 Å². The van der Waals surface area contributed by atoms with Gasteiger partial charge in [0, 0.05) is 24.5 Å². The van der Waals surface area contributed by atoms with Crippen LogP contribution in [-0.4, -0.2) is 48.9 Å². The summed E-state index contributed by atoms with van der Waals surface area (Å²) in [6.45, 7) is 3.33. The Morgan fingerprint density at radius 1 is 1.27 bits per heavy atom. The van der Waals surface area contributed by atoms with Crippen LogP contribution < -0.4 is 15.0 Å². The van der Waals surface area contributed by atoms with E-state index in [0.29, 0.717) is 22.1 Å². The molecule has 0 aliphatic carbocycles. The lowest BCUT2D eigenvalue weighted by molar-refractivity contribution is -0.135. The summed E-state index contributed by atoms with van der Waals surface area (Å²) in [5, 5.41) is 3.44. The third-order valence-corrected chi connectivity index (χ3v) is 5.34. The second kappa shape index (κ2) is 9.17. The summed E-state index contributed by atoms with van der Waals surface area (Å²) < 4.78 is 5.53. The normalized spacial score (nSPS) is 15.7. The van der Waals surface area contributed by atoms with Crippen molar-refractivity contribution < 1.29 is 19.1 Å². The monoisotopic (exact) mass is 429 g/mol. The Hall–Kier alpha value is -3.06. The number of nitrogens with one attached hydrogen (secondary N) is 1. The first-order valence-corrected chi connectivity index (χ1v) is 9.98. The summed E-state index contributed by atoms with van der Waals surface area (Å²) in [5.41, 5.74) is 2.05. The topological polar surface area (TPSA) is 79.0 Å². The van der Waals surface area contributed by atoms with E-state index in [9.17, 15) is 14.4 Å². The van der Waals surface area contributed by atoms with Gasteiger partial charge in [0.25, 0.3) is 5.91 Å². The zero-order valence-electron chi connectivity index (χ0n) is 17.1. The maximum absolute atomic E-state index is 13.0. The van der Waals surface area contributed by atoms with Crippen molar-refractivity contribution in [2.75, 3.05) is 30.4 Å². The van der Waals surface area contributed by atoms with Crippen LogP contribution in [0.5, 0.6) is 5.75 Å². The van der Waals surface area contributed by atoms with Gasteiger partial charge in [-0.3, -0.25) is 14.4 Å². The van der Waals surface area contributed by atoms with E-state index in [1.54, 1.807) is 54.4 Å². The Bertz CT molecular complexity index is 979. The predicted molar refractivity (Wildman–Crippen MR) is 116 cm³/mol. The maximum atomic E-state index is 13.0. The van der Waals surface area contributed by atoms with E-state index in [1.807, 2.05) is 13.8 Å². The van der Waals surface area contributed by atoms with Gasteiger partial charge < -0.3 is 19.9 Å². The number of hydrogen-bond donors (Lipinski definition) is 1. The fourth-order valence-corrected chi connectivity index (χ4v) is 3.41. The van der Waals surface area contributed by atoms with Gasteiger partial charge in [0.2, 0.25) is 11.8 Å². The highest BCUT2D eigenvalue weighted by Gasteiger charge is 2.30. The molecule has 8 heteroatoms. The van der Waals surface area contributed by atoms with Gasteiger partial charge >= 0.3 is 0 Å². The highest BCUT2D eigenvalue weighted by Crippen LogP contribution is 2.31. The lowest BCUT2D eigenvalue weighted by Gasteiger charge is -2.29. The second-order valence-electron chi connectivity index (χ2n) is 7.33. The van der Waals surface area contributed by atoms with Crippen LogP contribution in [0.25, 0.3) is 0 Å². The molecule has 0 fully saturated rings. The summed E-state index contributed by atoms with van der Waals surface area (Å²) in [6.07, 6.45) is 0.178. The number of benzene rings is 2. The molecule has 2 aromatic rings. The van der Waals surface area contributed by atoms with Crippen LogP contribution in [0.2, 0.25) is 5.02 Å². The molecule has 0 radical (unpaired) electrons. The highest BCUT2D eigenvalue weighted by molar-refractivity contribution is 6.31. The van der Waals surface area contributed by atoms with Crippen LogP contribution >= 0.6 is 11.6 Å². The molecule has 0 saturated carbocycles. The first-order valence-electron chi connectivity index (χ1n) is 9.60. The van der Waals surface area contributed by atoms with Crippen molar-refractivity contribution in [2.24, 2.45) is 0 Å². The Kier molecular flexibility index (Phi) is 6.62. The van der Waals surface area contributed by atoms with Gasteiger partial charge in [-0.25, -0.2) is 0 Å². The number of amides is 3. The smallest absolute Gasteiger partial charge is 0.260 e. The highest BCUT2D eigenvalue weighted by atomic mass is 35.5. The third-order valence-electron chi connectivity index (χ3n) is 4.92. The molecule has 30 heavy (non-hydrogen) atoms. The van der Waals surface area contributed by atoms with E-state index in [1.165, 1.54) is 4.90 Å². The predicted octanol–water partition coefficient (Wildman–Crippen LogP) is 3.25. The molecule has 7 nitrogen and oxygen atoms in total. The number of carbonyl (C=O) groups is 3. The zero-order chi connectivity index (χ0) is 21.8. The first-order chi connectivity index (χ1) is 14.3. The Morgan fingerprint density at radius 3 is 2.73 bits per heavy atom. The van der Waals surface area contributed by atoms with Crippen molar-refractivity contribution in [1.82, 2.24) is 4.90 Å². The van der Waals surface area contributed by atoms with Crippen LogP contribution in [0.3, 0.4) is 0 Å². The van der Waals surface area contributed by atoms with E-state index >= 15 is 0 Å². The minimum absolute atomic E-state index is 0.130. The van der Waals surface area contributed by atoms with Gasteiger partial charge in [-0.1, -0.05) is 23.7 Å². The van der Waals surface area contributed by atoms with Crippen molar-refractivity contribution in [3.05, 3.63) is 53.1 Å². The molecule has 1 N–H and O–H groups in total. The van der Waals surface area contributed by atoms with Gasteiger partial charge in [-0.2, -0.15) is 0 Å². The molecule has 1 aliphatic rings. The lowest BCUT2D eigenvalue weighted by atomic mass is 10.1. The number of fused-ring (bicyclic) bond motifs is 1. The largest absolute Gasteiger partial charge is 0.484 e. The number of aryl methyl sites for hydroxylation is 1. The fraction of sp³-hybridized carbons (Fsp3) is 0.318. The number of carbonyl (C=O) groups excluding carboxylic acids is 3. The molecule has 0 spiro atoms. The summed E-state index contributed by atoms with van der Waals surface area (Å²) >= 11 is 5.99. The Morgan fingerprint density at radius 2 is 2.00 bits per heavy atom. The fourth-order valence-electron chi connectivity index (χ4n) is 3.30. The van der Waals surface area contributed by atoms with Gasteiger partial charge in [0.05, 0.1) is 17.9 Å². The quantitative estimate of drug-likeness (QED) is 0.791. The summed E-state index contributed by atoms with van der Waals surface area (Å²) in [7, 11) is 1.55. The molecular formula is C22H24ClN3O4. The van der Waals surface area contributed by atoms with Crippen LogP contribution in [-0.2, 0) is 14.4 Å². The molecule has 0 unspecified atom stereocenters. The second-order valence-corrected chi connectivity index (χ2v) is 7.74. The number of para-hydroxylation sites is 2. The van der Waals surface area contributed by atoms with Crippen LogP contribution in [0.15, 0.2) is 42.5 Å². The average molecular weight is 430 g/mol. The minimum atomic E-state index is -0.335. The molecule has 0 bridgehead atoms. The molecule has 2 aromatic carbocycles. The molecule has 0 saturated heterocycles. The van der Waals surface area contributed by atoms with Crippen molar-refractivity contribution in [1.29, 1.82) is 0 Å². The molecular weight excluding hydrogens is 406 g/mol. The molecule has 3 rings (SSSR count). The number of anilines is 2. The number of ether oxygens (including phenoxy) is 1. The van der Waals surface area contributed by atoms with E-state index in [2.05, 4.69) is 5.32 Å². The molecule has 1 atom stereocenters. The summed E-state index contributed by atoms with van der Waals surface area (Å²) in [6, 6.07) is 11.9. The average Bonchev–Trinajstić information content (AvgIpc) is 2.82. The van der Waals surface area contributed by atoms with Crippen LogP contribution in [0.4, 0.5) is 11.4 Å². The molecule has 0 aromatic heterocycles. The van der Waals surface area contributed by atoms with Crippen LogP contribution in [0, 0.1) is 6.92 Å². The summed E-state index contributed by atoms with van der Waals surface area (Å²) in [4.78, 5) is 40.5. The van der Waals surface area contributed by atoms with Gasteiger partial charge in [-0.05, 0) is 49.7 Å². The number of rotatable bonds is 5. The van der Waals surface area contributed by atoms with Gasteiger partial charge in [-0.15, -0.1) is 0 Å². The van der Waals surface area contributed by atoms with Crippen molar-refractivity contribution >= 4 is 40.7 Å². The summed E-state index contributed by atoms with van der Waals surface area (Å²) in [5.74, 6) is -0.225. The molecule has 3 amide bonds. The number of likely N-dealkylation sites (N-methyl/N-ethyl adjacent to an activating group) is 1. The van der Waals surface area contributed by atoms with E-state index in [0.717, 1.165) is 5.56 Å². The van der Waals surface area contributed by atoms with E-state index in [-0.39, 0.29) is 43.3 Å². The standard InChI is InChI=1S/C22H24ClN3O4/c1-14-10-16(8-9-17(14)23)30-13-22(29)25(3)12-21(28)26-15(2)11-20(27)24-18-6-4-5-7-19(18)26/h4-10,15H,11-13H2,1-3H3,(H,24,27)/t15-/m0/s1. The maximum Gasteiger partial charge on any atom is 0.260 e. The van der Waals surface area contributed by atoms with E-state index < -0.39 is 0 Å². The van der Waals surface area contributed by atoms with Gasteiger partial charge in [0.15, 0.2) is 6.61 Å². The lowest BCUT2D eigenvalue weighted by Crippen LogP contribution is -2.46. The SMILES string of the molecule is Cc1cc(OCC(=O)N(C)CC(=O)N2c3ccccc3NC(=O)C[C@@H]2C)ccc1Cl. The van der Waals surface area contributed by atoms with Crippen molar-refractivity contribution in [3.63, 3.8) is 0 Å². The number of hydrogen-bond acceptors (Lipinski definition) is 4. The molecule has 158 valence electrons.